The van der Waals surface area contributed by atoms with Gasteiger partial charge in [-0.15, -0.1) is 0 Å². The highest BCUT2D eigenvalue weighted by molar-refractivity contribution is 9.10. The summed E-state index contributed by atoms with van der Waals surface area (Å²) in [6.45, 7) is 2.68. The lowest BCUT2D eigenvalue weighted by Crippen LogP contribution is -2.35. The average molecular weight is 375 g/mol. The number of hydrogen-bond donors (Lipinski definition) is 1. The predicted molar refractivity (Wildman–Crippen MR) is 98.5 cm³/mol. The van der Waals surface area contributed by atoms with Gasteiger partial charge in [-0.2, -0.15) is 0 Å². The van der Waals surface area contributed by atoms with Gasteiger partial charge in [0.25, 0.3) is 0 Å². The minimum atomic E-state index is 0.0475. The fourth-order valence-electron chi connectivity index (χ4n) is 2.45. The smallest absolute Gasteiger partial charge is 0.224 e. The zero-order valence-electron chi connectivity index (χ0n) is 13.8. The largest absolute Gasteiger partial charge is 0.354 e. The van der Waals surface area contributed by atoms with Crippen LogP contribution in [0.1, 0.15) is 22.7 Å². The van der Waals surface area contributed by atoms with Crippen molar-refractivity contribution in [3.05, 3.63) is 69.7 Å². The molecule has 0 spiro atoms. The first kappa shape index (κ1) is 17.7. The van der Waals surface area contributed by atoms with Gasteiger partial charge in [-0.05, 0) is 44.3 Å². The number of aryl methyl sites for hydroxylation is 1. The van der Waals surface area contributed by atoms with E-state index in [2.05, 4.69) is 57.3 Å². The van der Waals surface area contributed by atoms with Gasteiger partial charge in [0.2, 0.25) is 5.91 Å². The molecular formula is C19H23BrN2O. The topological polar surface area (TPSA) is 32.3 Å². The minimum absolute atomic E-state index is 0.0475. The monoisotopic (exact) mass is 374 g/mol. The maximum Gasteiger partial charge on any atom is 0.224 e. The number of rotatable bonds is 6. The van der Waals surface area contributed by atoms with Crippen LogP contribution < -0.4 is 5.32 Å². The van der Waals surface area contributed by atoms with E-state index in [1.807, 2.05) is 38.4 Å². The van der Waals surface area contributed by atoms with E-state index in [4.69, 9.17) is 0 Å². The van der Waals surface area contributed by atoms with Crippen LogP contribution in [0.4, 0.5) is 0 Å². The number of likely N-dealkylation sites (N-methyl/N-ethyl adjacent to an activating group) is 1. The molecular weight excluding hydrogens is 352 g/mol. The Kier molecular flexibility index (Phi) is 6.37. The Balaban J connectivity index is 1.94. The molecule has 0 radical (unpaired) electrons. The second-order valence-corrected chi connectivity index (χ2v) is 6.91. The molecule has 1 unspecified atom stereocenters. The Morgan fingerprint density at radius 3 is 2.26 bits per heavy atom. The van der Waals surface area contributed by atoms with Crippen LogP contribution in [0.15, 0.2) is 53.0 Å². The van der Waals surface area contributed by atoms with E-state index in [0.717, 1.165) is 10.0 Å². The highest BCUT2D eigenvalue weighted by Gasteiger charge is 2.15. The molecule has 0 saturated carbocycles. The molecule has 1 amide bonds. The van der Waals surface area contributed by atoms with Crippen molar-refractivity contribution in [2.75, 3.05) is 20.6 Å². The zero-order valence-corrected chi connectivity index (χ0v) is 15.4. The molecule has 23 heavy (non-hydrogen) atoms. The molecule has 4 heteroatoms. The van der Waals surface area contributed by atoms with E-state index < -0.39 is 0 Å². The van der Waals surface area contributed by atoms with E-state index in [1.165, 1.54) is 11.1 Å². The lowest BCUT2D eigenvalue weighted by molar-refractivity contribution is -0.120. The van der Waals surface area contributed by atoms with E-state index in [9.17, 15) is 4.79 Å². The Morgan fingerprint density at radius 2 is 1.70 bits per heavy atom. The molecule has 0 aromatic heterocycles. The summed E-state index contributed by atoms with van der Waals surface area (Å²) in [5.41, 5.74) is 3.47. The van der Waals surface area contributed by atoms with Gasteiger partial charge < -0.3 is 10.2 Å². The summed E-state index contributed by atoms with van der Waals surface area (Å²) in [5.74, 6) is 0.0475. The Morgan fingerprint density at radius 1 is 1.09 bits per heavy atom. The quantitative estimate of drug-likeness (QED) is 0.835. The number of hydrogen-bond acceptors (Lipinski definition) is 2. The average Bonchev–Trinajstić information content (AvgIpc) is 2.51. The van der Waals surface area contributed by atoms with Gasteiger partial charge in [0.05, 0.1) is 12.5 Å². The van der Waals surface area contributed by atoms with Crippen LogP contribution in [0.25, 0.3) is 0 Å². The molecule has 1 N–H and O–H groups in total. The van der Waals surface area contributed by atoms with Gasteiger partial charge in [-0.25, -0.2) is 0 Å². The van der Waals surface area contributed by atoms with Crippen LogP contribution in [-0.4, -0.2) is 31.4 Å². The molecule has 2 rings (SSSR count). The summed E-state index contributed by atoms with van der Waals surface area (Å²) in [4.78, 5) is 14.3. The highest BCUT2D eigenvalue weighted by Crippen LogP contribution is 2.18. The van der Waals surface area contributed by atoms with Crippen LogP contribution in [0.2, 0.25) is 0 Å². The molecule has 3 nitrogen and oxygen atoms in total. The fraction of sp³-hybridized carbons (Fsp3) is 0.316. The van der Waals surface area contributed by atoms with E-state index in [-0.39, 0.29) is 11.9 Å². The molecule has 0 saturated heterocycles. The first-order chi connectivity index (χ1) is 11.0. The van der Waals surface area contributed by atoms with Gasteiger partial charge in [0.1, 0.15) is 0 Å². The number of nitrogens with one attached hydrogen (secondary N) is 1. The normalized spacial score (nSPS) is 12.2. The molecule has 0 aliphatic rings. The van der Waals surface area contributed by atoms with Crippen molar-refractivity contribution < 1.29 is 4.79 Å². The lowest BCUT2D eigenvalue weighted by Gasteiger charge is -2.25. The van der Waals surface area contributed by atoms with Crippen molar-refractivity contribution in [3.63, 3.8) is 0 Å². The third-order valence-corrected chi connectivity index (χ3v) is 4.38. The van der Waals surface area contributed by atoms with Gasteiger partial charge in [-0.1, -0.05) is 57.9 Å². The van der Waals surface area contributed by atoms with Crippen LogP contribution in [0.3, 0.4) is 0 Å². The van der Waals surface area contributed by atoms with Crippen molar-refractivity contribution in [1.29, 1.82) is 0 Å². The molecule has 0 aliphatic carbocycles. The maximum atomic E-state index is 12.2. The first-order valence-corrected chi connectivity index (χ1v) is 8.49. The summed E-state index contributed by atoms with van der Waals surface area (Å²) in [6, 6.07) is 16.5. The number of carbonyl (C=O) groups excluding carboxylic acids is 1. The van der Waals surface area contributed by atoms with Crippen molar-refractivity contribution in [2.45, 2.75) is 19.4 Å². The van der Waals surface area contributed by atoms with Crippen LogP contribution in [0, 0.1) is 6.92 Å². The Labute approximate surface area is 146 Å². The summed E-state index contributed by atoms with van der Waals surface area (Å²) in [7, 11) is 4.07. The third kappa shape index (κ3) is 5.48. The molecule has 2 aromatic carbocycles. The minimum Gasteiger partial charge on any atom is -0.354 e. The Hall–Kier alpha value is -1.65. The maximum absolute atomic E-state index is 12.2. The van der Waals surface area contributed by atoms with Gasteiger partial charge in [-0.3, -0.25) is 4.79 Å². The molecule has 0 bridgehead atoms. The number of halogens is 1. The van der Waals surface area contributed by atoms with E-state index in [0.29, 0.717) is 13.0 Å². The molecule has 122 valence electrons. The second-order valence-electron chi connectivity index (χ2n) is 6.00. The predicted octanol–water partition coefficient (Wildman–Crippen LogP) is 3.72. The van der Waals surface area contributed by atoms with Gasteiger partial charge >= 0.3 is 0 Å². The van der Waals surface area contributed by atoms with Crippen molar-refractivity contribution in [3.8, 4) is 0 Å². The van der Waals surface area contributed by atoms with Crippen molar-refractivity contribution in [2.24, 2.45) is 0 Å². The third-order valence-electron chi connectivity index (χ3n) is 3.86. The van der Waals surface area contributed by atoms with Crippen molar-refractivity contribution >= 4 is 21.8 Å². The number of amides is 1. The van der Waals surface area contributed by atoms with Crippen molar-refractivity contribution in [1.82, 2.24) is 10.2 Å². The first-order valence-electron chi connectivity index (χ1n) is 7.70. The molecule has 2 aromatic rings. The molecule has 0 heterocycles. The summed E-state index contributed by atoms with van der Waals surface area (Å²) in [6.07, 6.45) is 0.404. The standard InChI is InChI=1S/C19H23BrN2O/c1-14-4-8-16(9-5-14)18(22(2)3)13-21-19(23)12-15-6-10-17(20)11-7-15/h4-11,18H,12-13H2,1-3H3,(H,21,23). The van der Waals surface area contributed by atoms with Gasteiger partial charge in [0.15, 0.2) is 0 Å². The number of carbonyl (C=O) groups is 1. The second kappa shape index (κ2) is 8.27. The highest BCUT2D eigenvalue weighted by atomic mass is 79.9. The summed E-state index contributed by atoms with van der Waals surface area (Å²) >= 11 is 3.40. The van der Waals surface area contributed by atoms with E-state index >= 15 is 0 Å². The number of benzene rings is 2. The van der Waals surface area contributed by atoms with Crippen LogP contribution >= 0.6 is 15.9 Å². The SMILES string of the molecule is Cc1ccc(C(CNC(=O)Cc2ccc(Br)cc2)N(C)C)cc1. The zero-order chi connectivity index (χ0) is 16.8. The molecule has 0 fully saturated rings. The molecule has 1 atom stereocenters. The van der Waals surface area contributed by atoms with Gasteiger partial charge in [0, 0.05) is 11.0 Å². The van der Waals surface area contributed by atoms with Crippen LogP contribution in [-0.2, 0) is 11.2 Å². The molecule has 0 aliphatic heterocycles. The Bertz CT molecular complexity index is 635. The summed E-state index contributed by atoms with van der Waals surface area (Å²) in [5, 5.41) is 3.05. The summed E-state index contributed by atoms with van der Waals surface area (Å²) < 4.78 is 1.02. The lowest BCUT2D eigenvalue weighted by atomic mass is 10.0. The number of nitrogens with zero attached hydrogens (tertiary/aromatic N) is 1. The van der Waals surface area contributed by atoms with Crippen LogP contribution in [0.5, 0.6) is 0 Å². The fourth-order valence-corrected chi connectivity index (χ4v) is 2.71. The van der Waals surface area contributed by atoms with E-state index in [1.54, 1.807) is 0 Å².